The quantitative estimate of drug-likeness (QED) is 0.844. The van der Waals surface area contributed by atoms with E-state index in [0.29, 0.717) is 5.75 Å². The molecule has 0 aliphatic carbocycles. The van der Waals surface area contributed by atoms with Crippen molar-refractivity contribution in [1.29, 1.82) is 0 Å². The summed E-state index contributed by atoms with van der Waals surface area (Å²) in [6, 6.07) is 6.87. The number of nitrogens with one attached hydrogen (secondary N) is 1. The van der Waals surface area contributed by atoms with E-state index in [2.05, 4.69) is 30.8 Å². The minimum Gasteiger partial charge on any atom is -0.491 e. The summed E-state index contributed by atoms with van der Waals surface area (Å²) in [4.78, 5) is 22.7. The molecule has 1 aromatic rings. The van der Waals surface area contributed by atoms with Crippen molar-refractivity contribution in [3.63, 3.8) is 0 Å². The van der Waals surface area contributed by atoms with Crippen molar-refractivity contribution in [2.75, 3.05) is 13.7 Å². The number of hydrogen-bond acceptors (Lipinski definition) is 4. The van der Waals surface area contributed by atoms with Crippen molar-refractivity contribution in [3.8, 4) is 5.75 Å². The lowest BCUT2D eigenvalue weighted by atomic mass is 9.87. The summed E-state index contributed by atoms with van der Waals surface area (Å²) in [6.45, 7) is 7.71. The third-order valence-corrected chi connectivity index (χ3v) is 2.98. The van der Waals surface area contributed by atoms with Gasteiger partial charge in [0, 0.05) is 6.92 Å². The summed E-state index contributed by atoms with van der Waals surface area (Å²) < 4.78 is 10.3. The molecule has 1 aromatic carbocycles. The van der Waals surface area contributed by atoms with Gasteiger partial charge in [-0.1, -0.05) is 32.9 Å². The molecule has 0 bridgehead atoms. The highest BCUT2D eigenvalue weighted by atomic mass is 16.5. The summed E-state index contributed by atoms with van der Waals surface area (Å²) in [7, 11) is 1.28. The molecule has 21 heavy (non-hydrogen) atoms. The summed E-state index contributed by atoms with van der Waals surface area (Å²) in [5.74, 6) is -0.184. The number of benzene rings is 1. The Kier molecular flexibility index (Phi) is 5.76. The van der Waals surface area contributed by atoms with E-state index in [1.54, 1.807) is 0 Å². The van der Waals surface area contributed by atoms with Crippen LogP contribution in [0.5, 0.6) is 5.75 Å². The van der Waals surface area contributed by atoms with Gasteiger partial charge < -0.3 is 14.8 Å². The topological polar surface area (TPSA) is 64.6 Å². The van der Waals surface area contributed by atoms with Crippen LogP contribution in [0.3, 0.4) is 0 Å². The molecule has 0 aromatic heterocycles. The van der Waals surface area contributed by atoms with Crippen LogP contribution in [0.1, 0.15) is 33.3 Å². The highest BCUT2D eigenvalue weighted by Gasteiger charge is 2.21. The van der Waals surface area contributed by atoms with E-state index in [1.165, 1.54) is 14.0 Å². The van der Waals surface area contributed by atoms with Crippen molar-refractivity contribution < 1.29 is 19.1 Å². The molecule has 5 heteroatoms. The van der Waals surface area contributed by atoms with Gasteiger partial charge in [0.15, 0.2) is 6.04 Å². The molecule has 1 amide bonds. The minimum atomic E-state index is -0.814. The molecule has 1 N–H and O–H groups in total. The molecule has 0 heterocycles. The Hall–Kier alpha value is -2.04. The fraction of sp³-hybridized carbons (Fsp3) is 0.500. The van der Waals surface area contributed by atoms with Crippen LogP contribution in [-0.2, 0) is 19.7 Å². The molecule has 1 rings (SSSR count). The molecule has 0 aliphatic heterocycles. The molecule has 1 atom stereocenters. The van der Waals surface area contributed by atoms with Crippen molar-refractivity contribution >= 4 is 11.9 Å². The second kappa shape index (κ2) is 7.11. The van der Waals surface area contributed by atoms with Gasteiger partial charge in [-0.3, -0.25) is 4.79 Å². The van der Waals surface area contributed by atoms with E-state index in [-0.39, 0.29) is 17.9 Å². The number of amides is 1. The molecule has 0 aliphatic rings. The van der Waals surface area contributed by atoms with Crippen LogP contribution >= 0.6 is 0 Å². The van der Waals surface area contributed by atoms with Gasteiger partial charge in [0.05, 0.1) is 7.11 Å². The van der Waals surface area contributed by atoms with Gasteiger partial charge in [0.2, 0.25) is 5.91 Å². The van der Waals surface area contributed by atoms with E-state index in [0.717, 1.165) is 5.56 Å². The Balaban J connectivity index is 2.76. The molecule has 0 fully saturated rings. The minimum absolute atomic E-state index is 0.0127. The van der Waals surface area contributed by atoms with Crippen LogP contribution in [0.4, 0.5) is 0 Å². The Bertz CT molecular complexity index is 505. The van der Waals surface area contributed by atoms with Gasteiger partial charge in [-0.05, 0) is 23.1 Å². The van der Waals surface area contributed by atoms with E-state index in [1.807, 2.05) is 24.3 Å². The van der Waals surface area contributed by atoms with Crippen LogP contribution in [0.25, 0.3) is 0 Å². The van der Waals surface area contributed by atoms with Crippen molar-refractivity contribution in [2.45, 2.75) is 39.2 Å². The highest BCUT2D eigenvalue weighted by Crippen LogP contribution is 2.25. The van der Waals surface area contributed by atoms with Crippen LogP contribution in [0, 0.1) is 0 Å². The first-order valence-corrected chi connectivity index (χ1v) is 6.82. The molecule has 0 spiro atoms. The highest BCUT2D eigenvalue weighted by molar-refractivity contribution is 5.83. The van der Waals surface area contributed by atoms with E-state index in [9.17, 15) is 9.59 Å². The second-order valence-corrected chi connectivity index (χ2v) is 5.87. The van der Waals surface area contributed by atoms with Crippen molar-refractivity contribution in [2.24, 2.45) is 0 Å². The second-order valence-electron chi connectivity index (χ2n) is 5.87. The van der Waals surface area contributed by atoms with Gasteiger partial charge in [-0.25, -0.2) is 4.79 Å². The zero-order valence-corrected chi connectivity index (χ0v) is 13.2. The molecule has 1 unspecified atom stereocenters. The SMILES string of the molecule is COC(=O)C(COc1cccc(C(C)(C)C)c1)NC(C)=O. The summed E-state index contributed by atoms with van der Waals surface area (Å²) in [5, 5.41) is 2.51. The largest absolute Gasteiger partial charge is 0.491 e. The maximum absolute atomic E-state index is 11.6. The van der Waals surface area contributed by atoms with Gasteiger partial charge in [-0.2, -0.15) is 0 Å². The first-order valence-electron chi connectivity index (χ1n) is 6.82. The first kappa shape index (κ1) is 17.0. The Morgan fingerprint density at radius 2 is 1.95 bits per heavy atom. The van der Waals surface area contributed by atoms with Crippen molar-refractivity contribution in [1.82, 2.24) is 5.32 Å². The lowest BCUT2D eigenvalue weighted by Gasteiger charge is -2.21. The fourth-order valence-electron chi connectivity index (χ4n) is 1.79. The maximum Gasteiger partial charge on any atom is 0.331 e. The van der Waals surface area contributed by atoms with Gasteiger partial charge in [0.25, 0.3) is 0 Å². The van der Waals surface area contributed by atoms with E-state index >= 15 is 0 Å². The fourth-order valence-corrected chi connectivity index (χ4v) is 1.79. The molecule has 0 saturated carbocycles. The number of rotatable bonds is 5. The van der Waals surface area contributed by atoms with Crippen LogP contribution in [-0.4, -0.2) is 31.6 Å². The Labute approximate surface area is 125 Å². The lowest BCUT2D eigenvalue weighted by Crippen LogP contribution is -2.44. The zero-order chi connectivity index (χ0) is 16.0. The lowest BCUT2D eigenvalue weighted by molar-refractivity contribution is -0.145. The molecule has 0 saturated heterocycles. The third-order valence-electron chi connectivity index (χ3n) is 2.98. The summed E-state index contributed by atoms with van der Waals surface area (Å²) >= 11 is 0. The molecule has 116 valence electrons. The molecular weight excluding hydrogens is 270 g/mol. The average Bonchev–Trinajstić information content (AvgIpc) is 2.41. The first-order chi connectivity index (χ1) is 9.74. The van der Waals surface area contributed by atoms with Gasteiger partial charge in [0.1, 0.15) is 12.4 Å². The summed E-state index contributed by atoms with van der Waals surface area (Å²) in [6.07, 6.45) is 0. The third kappa shape index (κ3) is 5.45. The van der Waals surface area contributed by atoms with E-state index < -0.39 is 12.0 Å². The molecule has 0 radical (unpaired) electrons. The average molecular weight is 293 g/mol. The van der Waals surface area contributed by atoms with Gasteiger partial charge in [-0.15, -0.1) is 0 Å². The number of methoxy groups -OCH3 is 1. The smallest absolute Gasteiger partial charge is 0.331 e. The Morgan fingerprint density at radius 1 is 1.29 bits per heavy atom. The number of hydrogen-bond donors (Lipinski definition) is 1. The van der Waals surface area contributed by atoms with Crippen molar-refractivity contribution in [3.05, 3.63) is 29.8 Å². The monoisotopic (exact) mass is 293 g/mol. The van der Waals surface area contributed by atoms with E-state index in [4.69, 9.17) is 4.74 Å². The number of carbonyl (C=O) groups is 2. The number of esters is 1. The number of ether oxygens (including phenoxy) is 2. The van der Waals surface area contributed by atoms with Crippen LogP contribution < -0.4 is 10.1 Å². The Morgan fingerprint density at radius 3 is 2.48 bits per heavy atom. The molecule has 5 nitrogen and oxygen atoms in total. The van der Waals surface area contributed by atoms with Gasteiger partial charge >= 0.3 is 5.97 Å². The summed E-state index contributed by atoms with van der Waals surface area (Å²) in [5.41, 5.74) is 1.15. The predicted octanol–water partition coefficient (Wildman–Crippen LogP) is 2.04. The maximum atomic E-state index is 11.6. The van der Waals surface area contributed by atoms with Crippen LogP contribution in [0.2, 0.25) is 0 Å². The molecular formula is C16H23NO4. The predicted molar refractivity (Wildman–Crippen MR) is 80.3 cm³/mol. The normalized spacial score (nSPS) is 12.4. The zero-order valence-electron chi connectivity index (χ0n) is 13.2. The standard InChI is InChI=1S/C16H23NO4/c1-11(18)17-14(15(19)20-5)10-21-13-8-6-7-12(9-13)16(2,3)4/h6-9,14H,10H2,1-5H3,(H,17,18). The van der Waals surface area contributed by atoms with Crippen LogP contribution in [0.15, 0.2) is 24.3 Å². The number of carbonyl (C=O) groups excluding carboxylic acids is 2.